The number of aromatic nitrogens is 2. The smallest absolute Gasteiger partial charge is 0.227 e. The molecule has 1 aromatic heterocycles. The Morgan fingerprint density at radius 3 is 2.16 bits per heavy atom. The molecule has 122 valence electrons. The van der Waals surface area contributed by atoms with Gasteiger partial charge in [-0.05, 0) is 5.56 Å². The minimum absolute atomic E-state index is 0.0439. The van der Waals surface area contributed by atoms with E-state index in [0.29, 0.717) is 21.8 Å². The molecule has 1 amide bonds. The van der Waals surface area contributed by atoms with Gasteiger partial charge >= 0.3 is 0 Å². The average Bonchev–Trinajstić information content (AvgIpc) is 2.66. The first-order valence-corrected chi connectivity index (χ1v) is 8.52. The van der Waals surface area contributed by atoms with E-state index in [2.05, 4.69) is 16.3 Å². The van der Waals surface area contributed by atoms with Crippen molar-refractivity contribution in [2.75, 3.05) is 5.75 Å². The molecule has 0 bridgehead atoms. The number of thioether (sulfide) groups is 1. The lowest BCUT2D eigenvalue weighted by Gasteiger charge is -2.13. The van der Waals surface area contributed by atoms with Crippen LogP contribution in [0.5, 0.6) is 0 Å². The largest absolute Gasteiger partial charge is 0.369 e. The molecule has 0 fully saturated rings. The maximum Gasteiger partial charge on any atom is 0.227 e. The fourth-order valence-corrected chi connectivity index (χ4v) is 3.12. The van der Waals surface area contributed by atoms with Gasteiger partial charge in [0.2, 0.25) is 5.91 Å². The zero-order valence-electron chi connectivity index (χ0n) is 13.2. The van der Waals surface area contributed by atoms with Gasteiger partial charge in [-0.2, -0.15) is 5.26 Å². The van der Waals surface area contributed by atoms with E-state index in [4.69, 9.17) is 5.73 Å². The van der Waals surface area contributed by atoms with Crippen LogP contribution in [0.4, 0.5) is 0 Å². The molecule has 0 spiro atoms. The lowest BCUT2D eigenvalue weighted by atomic mass is 9.96. The van der Waals surface area contributed by atoms with Gasteiger partial charge < -0.3 is 5.73 Å². The molecular weight excluding hydrogens is 332 g/mol. The Bertz CT molecular complexity index is 937. The quantitative estimate of drug-likeness (QED) is 0.716. The number of hydrogen-bond donors (Lipinski definition) is 1. The third-order valence-corrected chi connectivity index (χ3v) is 4.50. The molecule has 1 heterocycles. The highest BCUT2D eigenvalue weighted by Crippen LogP contribution is 2.36. The number of amides is 1. The zero-order chi connectivity index (χ0) is 17.6. The summed E-state index contributed by atoms with van der Waals surface area (Å²) in [6.45, 7) is 0. The van der Waals surface area contributed by atoms with E-state index in [-0.39, 0.29) is 5.75 Å². The molecule has 5 nitrogen and oxygen atoms in total. The van der Waals surface area contributed by atoms with Crippen LogP contribution in [-0.4, -0.2) is 21.9 Å². The van der Waals surface area contributed by atoms with E-state index < -0.39 is 5.91 Å². The summed E-state index contributed by atoms with van der Waals surface area (Å²) in [6, 6.07) is 21.4. The predicted octanol–water partition coefficient (Wildman–Crippen LogP) is 3.26. The summed E-state index contributed by atoms with van der Waals surface area (Å²) in [5.41, 5.74) is 8.68. The third kappa shape index (κ3) is 3.67. The maximum atomic E-state index is 11.1. The van der Waals surface area contributed by atoms with Crippen LogP contribution in [0, 0.1) is 11.3 Å². The molecule has 2 aromatic carbocycles. The molecule has 0 aliphatic rings. The van der Waals surface area contributed by atoms with Crippen LogP contribution in [0.15, 0.2) is 65.7 Å². The standard InChI is InChI=1S/C19H14N4OS/c20-11-15-17(13-7-3-1-4-8-13)18(14-9-5-2-6-10-14)22-23-19(15)25-12-16(21)24/h1-10H,12H2,(H2,21,24). The molecule has 0 unspecified atom stereocenters. The highest BCUT2D eigenvalue weighted by molar-refractivity contribution is 8.00. The average molecular weight is 346 g/mol. The summed E-state index contributed by atoms with van der Waals surface area (Å²) < 4.78 is 0. The number of carbonyl (C=O) groups excluding carboxylic acids is 1. The molecule has 3 rings (SSSR count). The van der Waals surface area contributed by atoms with Crippen molar-refractivity contribution in [1.29, 1.82) is 5.26 Å². The molecule has 2 N–H and O–H groups in total. The van der Waals surface area contributed by atoms with Crippen molar-refractivity contribution < 1.29 is 4.79 Å². The summed E-state index contributed by atoms with van der Waals surface area (Å²) in [5.74, 6) is -0.425. The second-order valence-corrected chi connectivity index (χ2v) is 6.17. The lowest BCUT2D eigenvalue weighted by Crippen LogP contribution is -2.13. The Labute approximate surface area is 149 Å². The number of nitrogens with two attached hydrogens (primary N) is 1. The zero-order valence-corrected chi connectivity index (χ0v) is 14.0. The summed E-state index contributed by atoms with van der Waals surface area (Å²) in [4.78, 5) is 11.1. The normalized spacial score (nSPS) is 10.2. The van der Waals surface area contributed by atoms with E-state index in [1.165, 1.54) is 0 Å². The molecule has 0 aliphatic heterocycles. The molecule has 0 saturated heterocycles. The summed E-state index contributed by atoms with van der Waals surface area (Å²) >= 11 is 1.12. The lowest BCUT2D eigenvalue weighted by molar-refractivity contribution is -0.115. The fourth-order valence-electron chi connectivity index (χ4n) is 2.45. The molecule has 25 heavy (non-hydrogen) atoms. The van der Waals surface area contributed by atoms with Crippen molar-refractivity contribution >= 4 is 17.7 Å². The third-order valence-electron chi connectivity index (χ3n) is 3.51. The van der Waals surface area contributed by atoms with Crippen molar-refractivity contribution in [1.82, 2.24) is 10.2 Å². The van der Waals surface area contributed by atoms with E-state index >= 15 is 0 Å². The Morgan fingerprint density at radius 2 is 1.60 bits per heavy atom. The summed E-state index contributed by atoms with van der Waals surface area (Å²) in [5, 5.41) is 18.7. The maximum absolute atomic E-state index is 11.1. The molecule has 0 saturated carbocycles. The Hall–Kier alpha value is -3.17. The number of nitrogens with zero attached hydrogens (tertiary/aromatic N) is 3. The predicted molar refractivity (Wildman–Crippen MR) is 97.5 cm³/mol. The number of nitriles is 1. The van der Waals surface area contributed by atoms with Gasteiger partial charge in [-0.15, -0.1) is 10.2 Å². The van der Waals surface area contributed by atoms with Gasteiger partial charge in [0.05, 0.1) is 11.3 Å². The topological polar surface area (TPSA) is 92.7 Å². The van der Waals surface area contributed by atoms with Crippen molar-refractivity contribution in [3.63, 3.8) is 0 Å². The number of benzene rings is 2. The van der Waals surface area contributed by atoms with E-state index in [1.807, 2.05) is 60.7 Å². The van der Waals surface area contributed by atoms with Gasteiger partial charge in [-0.25, -0.2) is 0 Å². The highest BCUT2D eigenvalue weighted by atomic mass is 32.2. The second kappa shape index (κ2) is 7.60. The van der Waals surface area contributed by atoms with Crippen molar-refractivity contribution in [3.8, 4) is 28.5 Å². The van der Waals surface area contributed by atoms with Crippen LogP contribution >= 0.6 is 11.8 Å². The van der Waals surface area contributed by atoms with E-state index in [0.717, 1.165) is 22.9 Å². The first-order valence-electron chi connectivity index (χ1n) is 7.53. The molecule has 0 atom stereocenters. The number of carbonyl (C=O) groups is 1. The van der Waals surface area contributed by atoms with Crippen LogP contribution in [0.25, 0.3) is 22.4 Å². The Morgan fingerprint density at radius 1 is 1.00 bits per heavy atom. The van der Waals surface area contributed by atoms with E-state index in [1.54, 1.807) is 0 Å². The van der Waals surface area contributed by atoms with Gasteiger partial charge in [-0.3, -0.25) is 4.79 Å². The van der Waals surface area contributed by atoms with Crippen LogP contribution in [0.3, 0.4) is 0 Å². The molecule has 6 heteroatoms. The van der Waals surface area contributed by atoms with Crippen molar-refractivity contribution in [3.05, 3.63) is 66.2 Å². The first kappa shape index (κ1) is 16.7. The number of primary amides is 1. The first-order chi connectivity index (χ1) is 12.2. The van der Waals surface area contributed by atoms with E-state index in [9.17, 15) is 10.1 Å². The van der Waals surface area contributed by atoms with Crippen LogP contribution in [0.1, 0.15) is 5.56 Å². The van der Waals surface area contributed by atoms with Crippen LogP contribution in [0.2, 0.25) is 0 Å². The van der Waals surface area contributed by atoms with Gasteiger partial charge in [0.1, 0.15) is 16.8 Å². The summed E-state index contributed by atoms with van der Waals surface area (Å²) in [6.07, 6.45) is 0. The number of hydrogen-bond acceptors (Lipinski definition) is 5. The molecule has 3 aromatic rings. The monoisotopic (exact) mass is 346 g/mol. The van der Waals surface area contributed by atoms with Gasteiger partial charge in [0, 0.05) is 11.1 Å². The molecule has 0 aliphatic carbocycles. The highest BCUT2D eigenvalue weighted by Gasteiger charge is 2.19. The van der Waals surface area contributed by atoms with Crippen molar-refractivity contribution in [2.45, 2.75) is 5.03 Å². The van der Waals surface area contributed by atoms with Crippen LogP contribution in [-0.2, 0) is 4.79 Å². The van der Waals surface area contributed by atoms with Gasteiger partial charge in [0.15, 0.2) is 0 Å². The minimum atomic E-state index is -0.468. The van der Waals surface area contributed by atoms with Crippen LogP contribution < -0.4 is 5.73 Å². The summed E-state index contributed by atoms with van der Waals surface area (Å²) in [7, 11) is 0. The van der Waals surface area contributed by atoms with Gasteiger partial charge in [-0.1, -0.05) is 72.4 Å². The molecular formula is C19H14N4OS. The number of rotatable bonds is 5. The SMILES string of the molecule is N#Cc1c(SCC(N)=O)nnc(-c2ccccc2)c1-c1ccccc1. The Balaban J connectivity index is 2.23. The fraction of sp³-hybridized carbons (Fsp3) is 0.0526. The molecule has 0 radical (unpaired) electrons. The Kier molecular flexibility index (Phi) is 5.07. The van der Waals surface area contributed by atoms with Crippen molar-refractivity contribution in [2.24, 2.45) is 5.73 Å². The minimum Gasteiger partial charge on any atom is -0.369 e. The second-order valence-electron chi connectivity index (χ2n) is 5.20. The van der Waals surface area contributed by atoms with Gasteiger partial charge in [0.25, 0.3) is 0 Å².